The molecule has 0 radical (unpaired) electrons. The molecule has 3 N–H and O–H groups in total. The van der Waals surface area contributed by atoms with Crippen molar-refractivity contribution in [1.29, 1.82) is 0 Å². The highest BCUT2D eigenvalue weighted by molar-refractivity contribution is 5.93. The fourth-order valence-corrected chi connectivity index (χ4v) is 2.48. The molecule has 0 aliphatic rings. The van der Waals surface area contributed by atoms with E-state index in [2.05, 4.69) is 15.6 Å². The molecule has 0 amide bonds. The predicted octanol–water partition coefficient (Wildman–Crippen LogP) is 3.30. The summed E-state index contributed by atoms with van der Waals surface area (Å²) in [6.45, 7) is 5.11. The van der Waals surface area contributed by atoms with Crippen molar-refractivity contribution < 1.29 is 19.0 Å². The van der Waals surface area contributed by atoms with E-state index in [1.165, 1.54) is 6.07 Å². The molecule has 0 aliphatic heterocycles. The third-order valence-corrected chi connectivity index (χ3v) is 3.77. The summed E-state index contributed by atoms with van der Waals surface area (Å²) in [5.74, 6) is 1.47. The molecule has 0 unspecified atom stereocenters. The Morgan fingerprint density at radius 3 is 2.63 bits per heavy atom. The summed E-state index contributed by atoms with van der Waals surface area (Å²) in [6, 6.07) is 10.1. The number of aliphatic hydroxyl groups excluding tert-OH is 1. The second kappa shape index (κ2) is 10.4. The van der Waals surface area contributed by atoms with Crippen molar-refractivity contribution >= 4 is 11.6 Å². The molecule has 2 aromatic carbocycles. The van der Waals surface area contributed by atoms with E-state index < -0.39 is 5.82 Å². The maximum atomic E-state index is 13.5. The van der Waals surface area contributed by atoms with E-state index in [4.69, 9.17) is 9.47 Å². The Morgan fingerprint density at radius 2 is 1.96 bits per heavy atom. The Hall–Kier alpha value is -2.80. The average molecular weight is 375 g/mol. The van der Waals surface area contributed by atoms with Gasteiger partial charge in [0.1, 0.15) is 5.82 Å². The lowest BCUT2D eigenvalue weighted by Crippen LogP contribution is -2.30. The first-order chi connectivity index (χ1) is 13.1. The van der Waals surface area contributed by atoms with E-state index in [0.717, 1.165) is 11.3 Å². The number of rotatable bonds is 8. The van der Waals surface area contributed by atoms with Gasteiger partial charge in [0.2, 0.25) is 0 Å². The van der Waals surface area contributed by atoms with Crippen LogP contribution in [0.3, 0.4) is 0 Å². The van der Waals surface area contributed by atoms with Crippen LogP contribution in [0.15, 0.2) is 41.4 Å². The fourth-order valence-electron chi connectivity index (χ4n) is 2.48. The van der Waals surface area contributed by atoms with Gasteiger partial charge in [-0.1, -0.05) is 6.07 Å². The lowest BCUT2D eigenvalue weighted by molar-refractivity contribution is 0.275. The predicted molar refractivity (Wildman–Crippen MR) is 105 cm³/mol. The second-order valence-corrected chi connectivity index (χ2v) is 5.70. The van der Waals surface area contributed by atoms with Gasteiger partial charge in [-0.05, 0) is 43.7 Å². The highest BCUT2D eigenvalue weighted by atomic mass is 19.1. The normalized spacial score (nSPS) is 11.2. The van der Waals surface area contributed by atoms with Crippen molar-refractivity contribution in [1.82, 2.24) is 5.32 Å². The minimum Gasteiger partial charge on any atom is -0.493 e. The summed E-state index contributed by atoms with van der Waals surface area (Å²) in [5.41, 5.74) is 1.87. The van der Waals surface area contributed by atoms with Gasteiger partial charge in [0.25, 0.3) is 0 Å². The quantitative estimate of drug-likeness (QED) is 0.488. The van der Waals surface area contributed by atoms with E-state index in [1.807, 2.05) is 32.0 Å². The Labute approximate surface area is 159 Å². The number of methoxy groups -OCH3 is 1. The first-order valence-corrected chi connectivity index (χ1v) is 8.85. The SMILES string of the molecule is CCNC(=NCc1ccc(F)c(CO)c1)Nc1ccc(OC)c(OCC)c1. The zero-order valence-electron chi connectivity index (χ0n) is 15.9. The maximum Gasteiger partial charge on any atom is 0.196 e. The van der Waals surface area contributed by atoms with Crippen molar-refractivity contribution in [2.75, 3.05) is 25.6 Å². The van der Waals surface area contributed by atoms with Gasteiger partial charge >= 0.3 is 0 Å². The van der Waals surface area contributed by atoms with Crippen LogP contribution >= 0.6 is 0 Å². The Morgan fingerprint density at radius 1 is 1.15 bits per heavy atom. The number of guanidine groups is 1. The number of nitrogens with zero attached hydrogens (tertiary/aromatic N) is 1. The summed E-state index contributed by atoms with van der Waals surface area (Å²) in [7, 11) is 1.60. The minimum absolute atomic E-state index is 0.261. The molecule has 146 valence electrons. The Balaban J connectivity index is 2.17. The molecule has 2 rings (SSSR count). The van der Waals surface area contributed by atoms with Gasteiger partial charge in [0.05, 0.1) is 26.9 Å². The van der Waals surface area contributed by atoms with Crippen molar-refractivity contribution in [3.05, 3.63) is 53.3 Å². The Bertz CT molecular complexity index is 781. The molecule has 0 aromatic heterocycles. The summed E-state index contributed by atoms with van der Waals surface area (Å²) >= 11 is 0. The van der Waals surface area contributed by atoms with Crippen LogP contribution in [0.4, 0.5) is 10.1 Å². The third-order valence-electron chi connectivity index (χ3n) is 3.77. The van der Waals surface area contributed by atoms with Gasteiger partial charge in [0.15, 0.2) is 17.5 Å². The summed E-state index contributed by atoms with van der Waals surface area (Å²) < 4.78 is 24.4. The fraction of sp³-hybridized carbons (Fsp3) is 0.350. The molecule has 27 heavy (non-hydrogen) atoms. The van der Waals surface area contributed by atoms with Crippen molar-refractivity contribution in [2.24, 2.45) is 4.99 Å². The number of hydrogen-bond acceptors (Lipinski definition) is 4. The van der Waals surface area contributed by atoms with Crippen LogP contribution in [0, 0.1) is 5.82 Å². The first-order valence-electron chi connectivity index (χ1n) is 8.85. The first kappa shape index (κ1) is 20.5. The number of nitrogens with one attached hydrogen (secondary N) is 2. The molecule has 0 spiro atoms. The average Bonchev–Trinajstić information content (AvgIpc) is 2.68. The molecule has 0 saturated carbocycles. The smallest absolute Gasteiger partial charge is 0.196 e. The number of hydrogen-bond donors (Lipinski definition) is 3. The molecule has 0 atom stereocenters. The van der Waals surface area contributed by atoms with E-state index in [-0.39, 0.29) is 12.2 Å². The summed E-state index contributed by atoms with van der Waals surface area (Å²) in [4.78, 5) is 4.52. The van der Waals surface area contributed by atoms with Crippen LogP contribution in [0.5, 0.6) is 11.5 Å². The van der Waals surface area contributed by atoms with Gasteiger partial charge in [-0.3, -0.25) is 0 Å². The molecule has 7 heteroatoms. The maximum absolute atomic E-state index is 13.5. The van der Waals surface area contributed by atoms with Gasteiger partial charge < -0.3 is 25.2 Å². The van der Waals surface area contributed by atoms with Crippen molar-refractivity contribution in [2.45, 2.75) is 27.0 Å². The topological polar surface area (TPSA) is 75.1 Å². The lowest BCUT2D eigenvalue weighted by atomic mass is 10.1. The standard InChI is InChI=1S/C20H26FN3O3/c1-4-22-20(23-12-14-6-8-17(21)15(10-14)13-25)24-16-7-9-18(26-3)19(11-16)27-5-2/h6-11,25H,4-5,12-13H2,1-3H3,(H2,22,23,24). The van der Waals surface area contributed by atoms with Gasteiger partial charge in [-0.25, -0.2) is 9.38 Å². The molecule has 6 nitrogen and oxygen atoms in total. The molecule has 0 saturated heterocycles. The monoisotopic (exact) mass is 375 g/mol. The zero-order valence-corrected chi connectivity index (χ0v) is 15.9. The molecule has 0 heterocycles. The van der Waals surface area contributed by atoms with Crippen LogP contribution in [-0.4, -0.2) is 31.3 Å². The number of benzene rings is 2. The second-order valence-electron chi connectivity index (χ2n) is 5.70. The molecular weight excluding hydrogens is 349 g/mol. The van der Waals surface area contributed by atoms with Crippen molar-refractivity contribution in [3.8, 4) is 11.5 Å². The summed E-state index contributed by atoms with van der Waals surface area (Å²) in [5, 5.41) is 15.6. The molecule has 0 fully saturated rings. The number of ether oxygens (including phenoxy) is 2. The Kier molecular flexibility index (Phi) is 7.88. The summed E-state index contributed by atoms with van der Waals surface area (Å²) in [6.07, 6.45) is 0. The van der Waals surface area contributed by atoms with Crippen LogP contribution in [0.25, 0.3) is 0 Å². The van der Waals surface area contributed by atoms with Gasteiger partial charge in [-0.15, -0.1) is 0 Å². The molecule has 0 aliphatic carbocycles. The zero-order chi connectivity index (χ0) is 19.6. The van der Waals surface area contributed by atoms with E-state index >= 15 is 0 Å². The van der Waals surface area contributed by atoms with Crippen LogP contribution in [-0.2, 0) is 13.2 Å². The number of aliphatic imine (C=N–C) groups is 1. The van der Waals surface area contributed by atoms with Gasteiger partial charge in [0, 0.05) is 23.9 Å². The van der Waals surface area contributed by atoms with Gasteiger partial charge in [-0.2, -0.15) is 0 Å². The molecular formula is C20H26FN3O3. The third kappa shape index (κ3) is 5.86. The lowest BCUT2D eigenvalue weighted by Gasteiger charge is -2.14. The van der Waals surface area contributed by atoms with Crippen LogP contribution in [0.1, 0.15) is 25.0 Å². The van der Waals surface area contributed by atoms with Crippen molar-refractivity contribution in [3.63, 3.8) is 0 Å². The highest BCUT2D eigenvalue weighted by Crippen LogP contribution is 2.30. The van der Waals surface area contributed by atoms with E-state index in [1.54, 1.807) is 19.2 Å². The highest BCUT2D eigenvalue weighted by Gasteiger charge is 2.07. The van der Waals surface area contributed by atoms with E-state index in [9.17, 15) is 9.50 Å². The van der Waals surface area contributed by atoms with Crippen LogP contribution in [0.2, 0.25) is 0 Å². The number of aliphatic hydroxyl groups is 1. The van der Waals surface area contributed by atoms with Crippen LogP contribution < -0.4 is 20.1 Å². The minimum atomic E-state index is -0.419. The van der Waals surface area contributed by atoms with E-state index in [0.29, 0.717) is 37.2 Å². The molecule has 2 aromatic rings. The molecule has 0 bridgehead atoms. The number of halogens is 1. The number of anilines is 1. The largest absolute Gasteiger partial charge is 0.493 e.